The average molecular weight is 297 g/mol. The van der Waals surface area contributed by atoms with E-state index in [-0.39, 0.29) is 11.5 Å². The van der Waals surface area contributed by atoms with Crippen molar-refractivity contribution < 1.29 is 26.7 Å². The van der Waals surface area contributed by atoms with Crippen LogP contribution >= 0.6 is 0 Å². The van der Waals surface area contributed by atoms with Gasteiger partial charge in [-0.25, -0.2) is 13.1 Å². The molecule has 0 radical (unpaired) electrons. The second-order valence-electron chi connectivity index (χ2n) is 3.88. The van der Waals surface area contributed by atoms with Crippen LogP contribution in [0.15, 0.2) is 29.2 Å². The molecule has 0 aliphatic carbocycles. The summed E-state index contributed by atoms with van der Waals surface area (Å²) in [5.74, 6) is 0. The van der Waals surface area contributed by atoms with E-state index in [4.69, 9.17) is 5.11 Å². The van der Waals surface area contributed by atoms with Gasteiger partial charge in [0.2, 0.25) is 10.0 Å². The predicted octanol–water partition coefficient (Wildman–Crippen LogP) is 1.45. The summed E-state index contributed by atoms with van der Waals surface area (Å²) in [6.07, 6.45) is -5.22. The van der Waals surface area contributed by atoms with Gasteiger partial charge in [-0.3, -0.25) is 0 Å². The van der Waals surface area contributed by atoms with E-state index in [2.05, 4.69) is 0 Å². The first-order chi connectivity index (χ1) is 8.74. The number of sulfonamides is 1. The number of halogens is 3. The number of alkyl halides is 3. The van der Waals surface area contributed by atoms with Crippen molar-refractivity contribution in [1.29, 1.82) is 0 Å². The fourth-order valence-corrected chi connectivity index (χ4v) is 2.41. The van der Waals surface area contributed by atoms with E-state index in [1.165, 1.54) is 24.3 Å². The normalized spacial score (nSPS) is 12.6. The lowest BCUT2D eigenvalue weighted by atomic mass is 10.2. The molecular formula is C11H14F3NO3S. The molecule has 19 heavy (non-hydrogen) atoms. The lowest BCUT2D eigenvalue weighted by molar-refractivity contribution is -0.132. The third kappa shape index (κ3) is 5.58. The third-order valence-corrected chi connectivity index (χ3v) is 3.81. The molecule has 0 aromatic heterocycles. The van der Waals surface area contributed by atoms with Gasteiger partial charge in [0.05, 0.1) is 11.3 Å². The molecule has 0 bridgehead atoms. The van der Waals surface area contributed by atoms with Gasteiger partial charge >= 0.3 is 6.18 Å². The summed E-state index contributed by atoms with van der Waals surface area (Å²) < 4.78 is 60.9. The Kier molecular flexibility index (Phi) is 5.33. The highest BCUT2D eigenvalue weighted by Crippen LogP contribution is 2.19. The highest BCUT2D eigenvalue weighted by atomic mass is 32.2. The van der Waals surface area contributed by atoms with Crippen LogP contribution in [0.25, 0.3) is 0 Å². The van der Waals surface area contributed by atoms with E-state index in [9.17, 15) is 21.6 Å². The first kappa shape index (κ1) is 15.9. The van der Waals surface area contributed by atoms with Crippen LogP contribution in [0.1, 0.15) is 12.0 Å². The first-order valence-corrected chi connectivity index (χ1v) is 6.99. The minimum absolute atomic E-state index is 0.0596. The Labute approximate surface area is 109 Å². The molecule has 1 aromatic rings. The summed E-state index contributed by atoms with van der Waals surface area (Å²) in [7, 11) is -3.93. The molecule has 1 aromatic carbocycles. The van der Waals surface area contributed by atoms with Crippen molar-refractivity contribution in [3.05, 3.63) is 29.8 Å². The number of nitrogens with one attached hydrogen (secondary N) is 1. The number of hydrogen-bond acceptors (Lipinski definition) is 3. The van der Waals surface area contributed by atoms with Crippen molar-refractivity contribution in [3.8, 4) is 0 Å². The molecule has 0 amide bonds. The summed E-state index contributed by atoms with van der Waals surface area (Å²) >= 11 is 0. The zero-order valence-electron chi connectivity index (χ0n) is 9.94. The second kappa shape index (κ2) is 6.36. The molecule has 1 rings (SSSR count). The largest absolute Gasteiger partial charge is 0.396 e. The summed E-state index contributed by atoms with van der Waals surface area (Å²) in [5.41, 5.74) is 0.747. The fraction of sp³-hybridized carbons (Fsp3) is 0.455. The van der Waals surface area contributed by atoms with Crippen molar-refractivity contribution >= 4 is 10.0 Å². The molecule has 2 N–H and O–H groups in total. The molecule has 0 atom stereocenters. The molecule has 0 aliphatic heterocycles. The number of aliphatic hydroxyl groups excluding tert-OH is 1. The standard InChI is InChI=1S/C11H14F3NO3S/c12-11(13,14)6-7-15-19(17,18)10-3-1-9(2-4-10)5-8-16/h1-4,15-16H,5-8H2. The molecule has 0 fully saturated rings. The molecule has 0 saturated carbocycles. The Morgan fingerprint density at radius 1 is 1.16 bits per heavy atom. The lowest BCUT2D eigenvalue weighted by Crippen LogP contribution is -2.28. The number of hydrogen-bond donors (Lipinski definition) is 2. The third-order valence-electron chi connectivity index (χ3n) is 2.33. The fourth-order valence-electron chi connectivity index (χ4n) is 1.37. The monoisotopic (exact) mass is 297 g/mol. The van der Waals surface area contributed by atoms with Gasteiger partial charge in [-0.05, 0) is 24.1 Å². The Hall–Kier alpha value is -1.12. The van der Waals surface area contributed by atoms with Crippen molar-refractivity contribution in [2.45, 2.75) is 23.9 Å². The van der Waals surface area contributed by atoms with Gasteiger partial charge in [0.25, 0.3) is 0 Å². The van der Waals surface area contributed by atoms with E-state index in [1.54, 1.807) is 0 Å². The van der Waals surface area contributed by atoms with Crippen LogP contribution < -0.4 is 4.72 Å². The lowest BCUT2D eigenvalue weighted by Gasteiger charge is -2.09. The molecule has 0 saturated heterocycles. The van der Waals surface area contributed by atoms with Crippen molar-refractivity contribution in [3.63, 3.8) is 0 Å². The van der Waals surface area contributed by atoms with Gasteiger partial charge in [-0.15, -0.1) is 0 Å². The van der Waals surface area contributed by atoms with Crippen LogP contribution in [-0.4, -0.2) is 32.9 Å². The summed E-state index contributed by atoms with van der Waals surface area (Å²) in [5, 5.41) is 8.70. The van der Waals surface area contributed by atoms with Gasteiger partial charge in [0.1, 0.15) is 0 Å². The quantitative estimate of drug-likeness (QED) is 0.835. The van der Waals surface area contributed by atoms with Crippen LogP contribution in [0.3, 0.4) is 0 Å². The number of rotatable bonds is 6. The Balaban J connectivity index is 2.67. The van der Waals surface area contributed by atoms with Crippen LogP contribution in [-0.2, 0) is 16.4 Å². The molecule has 108 valence electrons. The van der Waals surface area contributed by atoms with Gasteiger partial charge in [-0.2, -0.15) is 13.2 Å². The molecule has 0 heterocycles. The van der Waals surface area contributed by atoms with Crippen LogP contribution in [0.2, 0.25) is 0 Å². The average Bonchev–Trinajstić information content (AvgIpc) is 2.28. The number of aliphatic hydroxyl groups is 1. The molecule has 0 unspecified atom stereocenters. The van der Waals surface area contributed by atoms with Gasteiger partial charge in [0, 0.05) is 13.2 Å². The van der Waals surface area contributed by atoms with E-state index in [1.807, 2.05) is 4.72 Å². The molecule has 8 heteroatoms. The van der Waals surface area contributed by atoms with Gasteiger partial charge in [0.15, 0.2) is 0 Å². The van der Waals surface area contributed by atoms with E-state index >= 15 is 0 Å². The summed E-state index contributed by atoms with van der Waals surface area (Å²) in [6, 6.07) is 5.60. The molecule has 4 nitrogen and oxygen atoms in total. The molecule has 0 spiro atoms. The second-order valence-corrected chi connectivity index (χ2v) is 5.65. The maximum atomic E-state index is 11.9. The Morgan fingerprint density at radius 2 is 1.74 bits per heavy atom. The maximum absolute atomic E-state index is 11.9. The summed E-state index contributed by atoms with van der Waals surface area (Å²) in [4.78, 5) is -0.101. The van der Waals surface area contributed by atoms with Crippen molar-refractivity contribution in [1.82, 2.24) is 4.72 Å². The van der Waals surface area contributed by atoms with Crippen molar-refractivity contribution in [2.24, 2.45) is 0 Å². The van der Waals surface area contributed by atoms with E-state index in [0.717, 1.165) is 5.56 Å². The van der Waals surface area contributed by atoms with Gasteiger partial charge in [-0.1, -0.05) is 12.1 Å². The minimum atomic E-state index is -4.40. The smallest absolute Gasteiger partial charge is 0.390 e. The zero-order valence-corrected chi connectivity index (χ0v) is 10.8. The van der Waals surface area contributed by atoms with Gasteiger partial charge < -0.3 is 5.11 Å². The molecule has 0 aliphatic rings. The van der Waals surface area contributed by atoms with E-state index < -0.39 is 29.2 Å². The van der Waals surface area contributed by atoms with Crippen molar-refractivity contribution in [2.75, 3.05) is 13.2 Å². The minimum Gasteiger partial charge on any atom is -0.396 e. The van der Waals surface area contributed by atoms with E-state index in [0.29, 0.717) is 6.42 Å². The Morgan fingerprint density at radius 3 is 2.21 bits per heavy atom. The summed E-state index contributed by atoms with van der Waals surface area (Å²) in [6.45, 7) is -0.750. The Bertz CT molecular complexity index is 497. The zero-order chi connectivity index (χ0) is 14.5. The van der Waals surface area contributed by atoms with Crippen LogP contribution in [0.4, 0.5) is 13.2 Å². The highest BCUT2D eigenvalue weighted by Gasteiger charge is 2.27. The number of benzene rings is 1. The van der Waals surface area contributed by atoms with Crippen LogP contribution in [0, 0.1) is 0 Å². The SMILES string of the molecule is O=S(=O)(NCCC(F)(F)F)c1ccc(CCO)cc1. The highest BCUT2D eigenvalue weighted by molar-refractivity contribution is 7.89. The molecular weight excluding hydrogens is 283 g/mol. The maximum Gasteiger partial charge on any atom is 0.390 e. The predicted molar refractivity (Wildman–Crippen MR) is 63.1 cm³/mol. The first-order valence-electron chi connectivity index (χ1n) is 5.51. The van der Waals surface area contributed by atoms with Crippen LogP contribution in [0.5, 0.6) is 0 Å². The topological polar surface area (TPSA) is 66.4 Å².